The molecule has 120 valence electrons. The number of hydrogen-bond acceptors (Lipinski definition) is 1. The van der Waals surface area contributed by atoms with Crippen molar-refractivity contribution in [1.29, 1.82) is 0 Å². The van der Waals surface area contributed by atoms with Crippen LogP contribution in [0.4, 0.5) is 26.3 Å². The van der Waals surface area contributed by atoms with Gasteiger partial charge in [-0.3, -0.25) is 0 Å². The third kappa shape index (κ3) is 3.05. The molecule has 0 heterocycles. The van der Waals surface area contributed by atoms with Gasteiger partial charge in [-0.25, -0.2) is 31.1 Å². The van der Waals surface area contributed by atoms with Crippen LogP contribution in [0.15, 0.2) is 24.3 Å². The Morgan fingerprint density at radius 1 is 0.870 bits per heavy atom. The smallest absolute Gasteiger partial charge is 0.328 e. The van der Waals surface area contributed by atoms with Gasteiger partial charge in [-0.15, -0.1) is 0 Å². The van der Waals surface area contributed by atoms with E-state index in [4.69, 9.17) is 5.11 Å². The lowest BCUT2D eigenvalue weighted by Crippen LogP contribution is -2.05. The molecule has 0 saturated heterocycles. The van der Waals surface area contributed by atoms with Gasteiger partial charge in [0.2, 0.25) is 5.82 Å². The normalized spacial score (nSPS) is 11.2. The average molecular weight is 332 g/mol. The second kappa shape index (κ2) is 6.15. The van der Waals surface area contributed by atoms with E-state index in [1.54, 1.807) is 0 Å². The Morgan fingerprint density at radius 2 is 1.39 bits per heavy atom. The van der Waals surface area contributed by atoms with Crippen LogP contribution < -0.4 is 0 Å². The Labute approximate surface area is 125 Å². The number of carbonyl (C=O) groups is 1. The van der Waals surface area contributed by atoms with Crippen molar-refractivity contribution in [2.24, 2.45) is 0 Å². The minimum Gasteiger partial charge on any atom is -0.478 e. The molecule has 0 saturated carbocycles. The molecular weight excluding hydrogens is 326 g/mol. The summed E-state index contributed by atoms with van der Waals surface area (Å²) in [6.07, 6.45) is 1.31. The standard InChI is InChI=1S/C15H6F6O2/c16-7-2-3-8(6(5-7)1-4-9(22)23)10-11(17)13(19)15(21)14(20)12(10)18/h1-5H,(H,22,23)/b4-1-. The van der Waals surface area contributed by atoms with Crippen molar-refractivity contribution >= 4 is 12.0 Å². The first kappa shape index (κ1) is 16.6. The number of carboxylic acids is 1. The molecule has 23 heavy (non-hydrogen) atoms. The molecule has 0 amide bonds. The van der Waals surface area contributed by atoms with E-state index in [0.29, 0.717) is 12.1 Å². The highest BCUT2D eigenvalue weighted by Crippen LogP contribution is 2.34. The van der Waals surface area contributed by atoms with Crippen LogP contribution in [-0.4, -0.2) is 11.1 Å². The molecule has 0 unspecified atom stereocenters. The van der Waals surface area contributed by atoms with Crippen molar-refractivity contribution < 1.29 is 36.2 Å². The molecule has 0 aliphatic heterocycles. The summed E-state index contributed by atoms with van der Waals surface area (Å²) in [5.41, 5.74) is -2.18. The molecular formula is C15H6F6O2. The van der Waals surface area contributed by atoms with E-state index in [-0.39, 0.29) is 5.56 Å². The summed E-state index contributed by atoms with van der Waals surface area (Å²) in [5, 5.41) is 8.54. The van der Waals surface area contributed by atoms with Gasteiger partial charge in [0.15, 0.2) is 23.3 Å². The highest BCUT2D eigenvalue weighted by molar-refractivity contribution is 5.88. The van der Waals surface area contributed by atoms with Crippen LogP contribution >= 0.6 is 0 Å². The molecule has 2 rings (SSSR count). The molecule has 0 radical (unpaired) electrons. The molecule has 2 aromatic rings. The minimum absolute atomic E-state index is 0.365. The second-order valence-corrected chi connectivity index (χ2v) is 4.35. The highest BCUT2D eigenvalue weighted by Gasteiger charge is 2.27. The molecule has 8 heteroatoms. The van der Waals surface area contributed by atoms with Gasteiger partial charge in [0.05, 0.1) is 5.56 Å². The first-order valence-corrected chi connectivity index (χ1v) is 5.96. The number of halogens is 6. The number of aliphatic carboxylic acids is 1. The van der Waals surface area contributed by atoms with E-state index in [2.05, 4.69) is 0 Å². The van der Waals surface area contributed by atoms with Gasteiger partial charge in [-0.1, -0.05) is 6.07 Å². The summed E-state index contributed by atoms with van der Waals surface area (Å²) in [4.78, 5) is 10.5. The summed E-state index contributed by atoms with van der Waals surface area (Å²) in [7, 11) is 0. The molecule has 0 atom stereocenters. The lowest BCUT2D eigenvalue weighted by atomic mass is 9.97. The SMILES string of the molecule is O=C(O)/C=C\c1cc(F)ccc1-c1c(F)c(F)c(F)c(F)c1F. The van der Waals surface area contributed by atoms with Gasteiger partial charge in [-0.05, 0) is 29.3 Å². The Balaban J connectivity index is 2.80. The van der Waals surface area contributed by atoms with Crippen LogP contribution in [0, 0.1) is 34.9 Å². The van der Waals surface area contributed by atoms with Crippen LogP contribution in [0.2, 0.25) is 0 Å². The van der Waals surface area contributed by atoms with Crippen molar-refractivity contribution in [2.45, 2.75) is 0 Å². The predicted molar refractivity (Wildman–Crippen MR) is 68.3 cm³/mol. The topological polar surface area (TPSA) is 37.3 Å². The van der Waals surface area contributed by atoms with E-state index < -0.39 is 52.0 Å². The van der Waals surface area contributed by atoms with Gasteiger partial charge in [0, 0.05) is 6.08 Å². The maximum atomic E-state index is 13.8. The Morgan fingerprint density at radius 3 is 1.91 bits per heavy atom. The van der Waals surface area contributed by atoms with Crippen LogP contribution in [0.25, 0.3) is 17.2 Å². The maximum Gasteiger partial charge on any atom is 0.328 e. The van der Waals surface area contributed by atoms with Gasteiger partial charge in [-0.2, -0.15) is 0 Å². The van der Waals surface area contributed by atoms with Gasteiger partial charge in [0.1, 0.15) is 5.82 Å². The molecule has 0 fully saturated rings. The Bertz CT molecular complexity index is 800. The predicted octanol–water partition coefficient (Wildman–Crippen LogP) is 4.29. The molecule has 2 nitrogen and oxygen atoms in total. The minimum atomic E-state index is -2.33. The molecule has 2 aromatic carbocycles. The van der Waals surface area contributed by atoms with Crippen molar-refractivity contribution in [3.05, 3.63) is 64.7 Å². The number of benzene rings is 2. The largest absolute Gasteiger partial charge is 0.478 e. The monoisotopic (exact) mass is 332 g/mol. The van der Waals surface area contributed by atoms with Crippen molar-refractivity contribution in [3.63, 3.8) is 0 Å². The molecule has 0 aromatic heterocycles. The first-order chi connectivity index (χ1) is 10.7. The second-order valence-electron chi connectivity index (χ2n) is 4.35. The highest BCUT2D eigenvalue weighted by atomic mass is 19.2. The third-order valence-corrected chi connectivity index (χ3v) is 2.90. The lowest BCUT2D eigenvalue weighted by Gasteiger charge is -2.11. The van der Waals surface area contributed by atoms with E-state index in [1.807, 2.05) is 0 Å². The summed E-state index contributed by atoms with van der Waals surface area (Å²) in [5.74, 6) is -13.2. The average Bonchev–Trinajstić information content (AvgIpc) is 2.50. The lowest BCUT2D eigenvalue weighted by molar-refractivity contribution is -0.131. The fourth-order valence-corrected chi connectivity index (χ4v) is 1.90. The zero-order valence-electron chi connectivity index (χ0n) is 11.0. The van der Waals surface area contributed by atoms with Crippen LogP contribution in [0.3, 0.4) is 0 Å². The molecule has 0 spiro atoms. The van der Waals surface area contributed by atoms with Crippen molar-refractivity contribution in [2.75, 3.05) is 0 Å². The zero-order chi connectivity index (χ0) is 17.3. The number of carboxylic acid groups (broad SMARTS) is 1. The quantitative estimate of drug-likeness (QED) is 0.394. The van der Waals surface area contributed by atoms with Gasteiger partial charge < -0.3 is 5.11 Å². The van der Waals surface area contributed by atoms with Crippen molar-refractivity contribution in [3.8, 4) is 11.1 Å². The number of rotatable bonds is 3. The van der Waals surface area contributed by atoms with Gasteiger partial charge >= 0.3 is 5.97 Å². The maximum absolute atomic E-state index is 13.8. The van der Waals surface area contributed by atoms with Crippen molar-refractivity contribution in [1.82, 2.24) is 0 Å². The van der Waals surface area contributed by atoms with Gasteiger partial charge in [0.25, 0.3) is 0 Å². The summed E-state index contributed by atoms with van der Waals surface area (Å²) in [6.45, 7) is 0. The fourth-order valence-electron chi connectivity index (χ4n) is 1.90. The van der Waals surface area contributed by atoms with Crippen LogP contribution in [-0.2, 0) is 4.79 Å². The summed E-state index contributed by atoms with van der Waals surface area (Å²) in [6, 6.07) is 2.23. The molecule has 0 aliphatic rings. The Kier molecular flexibility index (Phi) is 4.44. The Hall–Kier alpha value is -2.77. The molecule has 0 aliphatic carbocycles. The van der Waals surface area contributed by atoms with Crippen LogP contribution in [0.5, 0.6) is 0 Å². The zero-order valence-corrected chi connectivity index (χ0v) is 11.0. The molecule has 0 bridgehead atoms. The van der Waals surface area contributed by atoms with E-state index in [9.17, 15) is 31.1 Å². The van der Waals surface area contributed by atoms with E-state index >= 15 is 0 Å². The fraction of sp³-hybridized carbons (Fsp3) is 0. The summed E-state index contributed by atoms with van der Waals surface area (Å²) >= 11 is 0. The number of hydrogen-bond donors (Lipinski definition) is 1. The first-order valence-electron chi connectivity index (χ1n) is 5.96. The van der Waals surface area contributed by atoms with E-state index in [1.165, 1.54) is 0 Å². The van der Waals surface area contributed by atoms with E-state index in [0.717, 1.165) is 18.2 Å². The third-order valence-electron chi connectivity index (χ3n) is 2.90. The summed E-state index contributed by atoms with van der Waals surface area (Å²) < 4.78 is 80.4. The van der Waals surface area contributed by atoms with Crippen LogP contribution in [0.1, 0.15) is 5.56 Å². The molecule has 1 N–H and O–H groups in total.